The number of hydrogen-bond acceptors (Lipinski definition) is 3. The fraction of sp³-hybridized carbons (Fsp3) is 0.500. The number of benzene rings is 1. The van der Waals surface area contributed by atoms with Gasteiger partial charge in [0.05, 0.1) is 0 Å². The molecular weight excluding hydrogens is 252 g/mol. The Morgan fingerprint density at radius 2 is 2.21 bits per heavy atom. The van der Waals surface area contributed by atoms with E-state index in [-0.39, 0.29) is 0 Å². The van der Waals surface area contributed by atoms with E-state index in [1.165, 1.54) is 15.6 Å². The normalized spacial score (nSPS) is 21.3. The molecule has 0 aliphatic carbocycles. The minimum Gasteiger partial charge on any atom is -0.314 e. The zero-order valence-corrected chi connectivity index (χ0v) is 12.5. The van der Waals surface area contributed by atoms with Crippen LogP contribution in [-0.2, 0) is 6.54 Å². The number of nitrogens with one attached hydrogen (secondary N) is 1. The SMILES string of the molecule is CC(C)C1CNCCN1Cc1csc2ccccc12. The molecule has 1 aliphatic heterocycles. The molecule has 0 spiro atoms. The van der Waals surface area contributed by atoms with E-state index in [9.17, 15) is 0 Å². The fourth-order valence-electron chi connectivity index (χ4n) is 3.00. The number of nitrogens with zero attached hydrogens (tertiary/aromatic N) is 1. The summed E-state index contributed by atoms with van der Waals surface area (Å²) in [4.78, 5) is 2.65. The Morgan fingerprint density at radius 3 is 3.05 bits per heavy atom. The van der Waals surface area contributed by atoms with Gasteiger partial charge in [-0.15, -0.1) is 11.3 Å². The highest BCUT2D eigenvalue weighted by Crippen LogP contribution is 2.28. The van der Waals surface area contributed by atoms with Crippen molar-refractivity contribution in [2.45, 2.75) is 26.4 Å². The average Bonchev–Trinajstić information content (AvgIpc) is 2.83. The lowest BCUT2D eigenvalue weighted by Crippen LogP contribution is -2.52. The van der Waals surface area contributed by atoms with E-state index >= 15 is 0 Å². The van der Waals surface area contributed by atoms with Gasteiger partial charge in [-0.2, -0.15) is 0 Å². The van der Waals surface area contributed by atoms with Gasteiger partial charge in [-0.25, -0.2) is 0 Å². The maximum absolute atomic E-state index is 3.52. The van der Waals surface area contributed by atoms with Crippen LogP contribution in [0.2, 0.25) is 0 Å². The smallest absolute Gasteiger partial charge is 0.0346 e. The van der Waals surface area contributed by atoms with Crippen molar-refractivity contribution >= 4 is 21.4 Å². The third-order valence-corrected chi connectivity index (χ3v) is 5.11. The molecule has 3 rings (SSSR count). The largest absolute Gasteiger partial charge is 0.314 e. The van der Waals surface area contributed by atoms with Crippen LogP contribution in [0, 0.1) is 5.92 Å². The number of thiophene rings is 1. The Balaban J connectivity index is 1.83. The van der Waals surface area contributed by atoms with Gasteiger partial charge in [-0.3, -0.25) is 4.90 Å². The molecular formula is C16H22N2S. The molecule has 0 amide bonds. The Labute approximate surface area is 119 Å². The van der Waals surface area contributed by atoms with Gasteiger partial charge in [0, 0.05) is 36.9 Å². The molecule has 0 bridgehead atoms. The van der Waals surface area contributed by atoms with Crippen molar-refractivity contribution in [1.29, 1.82) is 0 Å². The molecule has 1 aliphatic rings. The molecule has 1 saturated heterocycles. The molecule has 3 heteroatoms. The van der Waals surface area contributed by atoms with Gasteiger partial charge < -0.3 is 5.32 Å². The second kappa shape index (κ2) is 5.61. The van der Waals surface area contributed by atoms with E-state index in [0.29, 0.717) is 12.0 Å². The van der Waals surface area contributed by atoms with Crippen LogP contribution in [0.3, 0.4) is 0 Å². The van der Waals surface area contributed by atoms with Gasteiger partial charge in [0.1, 0.15) is 0 Å². The maximum Gasteiger partial charge on any atom is 0.0346 e. The minimum absolute atomic E-state index is 0.660. The van der Waals surface area contributed by atoms with Gasteiger partial charge in [-0.1, -0.05) is 32.0 Å². The Morgan fingerprint density at radius 1 is 1.37 bits per heavy atom. The zero-order valence-electron chi connectivity index (χ0n) is 11.7. The first-order chi connectivity index (χ1) is 9.25. The highest BCUT2D eigenvalue weighted by Gasteiger charge is 2.25. The monoisotopic (exact) mass is 274 g/mol. The lowest BCUT2D eigenvalue weighted by atomic mass is 9.99. The average molecular weight is 274 g/mol. The van der Waals surface area contributed by atoms with E-state index in [2.05, 4.69) is 53.7 Å². The molecule has 1 aromatic heterocycles. The summed E-state index contributed by atoms with van der Waals surface area (Å²) in [5.41, 5.74) is 1.49. The summed E-state index contributed by atoms with van der Waals surface area (Å²) < 4.78 is 1.41. The number of hydrogen-bond donors (Lipinski definition) is 1. The minimum atomic E-state index is 0.660. The van der Waals surface area contributed by atoms with Gasteiger partial charge in [0.2, 0.25) is 0 Å². The van der Waals surface area contributed by atoms with E-state index in [0.717, 1.165) is 26.2 Å². The summed E-state index contributed by atoms with van der Waals surface area (Å²) in [6.07, 6.45) is 0. The fourth-order valence-corrected chi connectivity index (χ4v) is 3.95. The first-order valence-electron chi connectivity index (χ1n) is 7.15. The number of rotatable bonds is 3. The van der Waals surface area contributed by atoms with Crippen molar-refractivity contribution in [3.63, 3.8) is 0 Å². The second-order valence-corrected chi connectivity index (χ2v) is 6.65. The van der Waals surface area contributed by atoms with E-state index < -0.39 is 0 Å². The summed E-state index contributed by atoms with van der Waals surface area (Å²) in [6.45, 7) is 9.15. The van der Waals surface area contributed by atoms with Crippen LogP contribution in [0.5, 0.6) is 0 Å². The maximum atomic E-state index is 3.52. The van der Waals surface area contributed by atoms with E-state index in [1.54, 1.807) is 0 Å². The predicted molar refractivity (Wildman–Crippen MR) is 83.7 cm³/mol. The Hall–Kier alpha value is -0.900. The molecule has 2 aromatic rings. The first-order valence-corrected chi connectivity index (χ1v) is 8.03. The number of piperazine rings is 1. The van der Waals surface area contributed by atoms with Crippen molar-refractivity contribution in [3.8, 4) is 0 Å². The van der Waals surface area contributed by atoms with Crippen molar-refractivity contribution in [2.24, 2.45) is 5.92 Å². The molecule has 1 aromatic carbocycles. The van der Waals surface area contributed by atoms with Crippen molar-refractivity contribution < 1.29 is 0 Å². The molecule has 1 N–H and O–H groups in total. The molecule has 2 nitrogen and oxygen atoms in total. The molecule has 1 fully saturated rings. The van der Waals surface area contributed by atoms with E-state index in [4.69, 9.17) is 0 Å². The Bertz CT molecular complexity index is 546. The van der Waals surface area contributed by atoms with Crippen LogP contribution in [-0.4, -0.2) is 30.6 Å². The summed E-state index contributed by atoms with van der Waals surface area (Å²) >= 11 is 1.87. The quantitative estimate of drug-likeness (QED) is 0.923. The van der Waals surface area contributed by atoms with Crippen molar-refractivity contribution in [2.75, 3.05) is 19.6 Å². The van der Waals surface area contributed by atoms with Gasteiger partial charge in [0.15, 0.2) is 0 Å². The van der Waals surface area contributed by atoms with Crippen LogP contribution in [0.4, 0.5) is 0 Å². The molecule has 102 valence electrons. The highest BCUT2D eigenvalue weighted by atomic mass is 32.1. The first kappa shape index (κ1) is 13.1. The van der Waals surface area contributed by atoms with Gasteiger partial charge in [0.25, 0.3) is 0 Å². The molecule has 2 heterocycles. The topological polar surface area (TPSA) is 15.3 Å². The summed E-state index contributed by atoms with van der Waals surface area (Å²) in [7, 11) is 0. The van der Waals surface area contributed by atoms with Crippen LogP contribution in [0.1, 0.15) is 19.4 Å². The third-order valence-electron chi connectivity index (χ3n) is 4.10. The third kappa shape index (κ3) is 2.69. The van der Waals surface area contributed by atoms with Crippen LogP contribution < -0.4 is 5.32 Å². The van der Waals surface area contributed by atoms with Crippen LogP contribution in [0.15, 0.2) is 29.6 Å². The molecule has 0 radical (unpaired) electrons. The Kier molecular flexibility index (Phi) is 3.87. The summed E-state index contributed by atoms with van der Waals surface area (Å²) in [5.74, 6) is 0.706. The number of fused-ring (bicyclic) bond motifs is 1. The highest BCUT2D eigenvalue weighted by molar-refractivity contribution is 7.17. The van der Waals surface area contributed by atoms with Crippen LogP contribution in [0.25, 0.3) is 10.1 Å². The van der Waals surface area contributed by atoms with E-state index in [1.807, 2.05) is 11.3 Å². The standard InChI is InChI=1S/C16H22N2S/c1-12(2)15-9-17-7-8-18(15)10-13-11-19-16-6-4-3-5-14(13)16/h3-6,11-12,15,17H,7-10H2,1-2H3. The summed E-state index contributed by atoms with van der Waals surface area (Å²) in [6, 6.07) is 9.42. The molecule has 1 unspecified atom stereocenters. The lowest BCUT2D eigenvalue weighted by molar-refractivity contribution is 0.118. The molecule has 1 atom stereocenters. The zero-order chi connectivity index (χ0) is 13.2. The molecule has 19 heavy (non-hydrogen) atoms. The summed E-state index contributed by atoms with van der Waals surface area (Å²) in [5, 5.41) is 7.30. The molecule has 0 saturated carbocycles. The van der Waals surface area contributed by atoms with Crippen molar-refractivity contribution in [3.05, 3.63) is 35.2 Å². The van der Waals surface area contributed by atoms with Gasteiger partial charge >= 0.3 is 0 Å². The van der Waals surface area contributed by atoms with Crippen LogP contribution >= 0.6 is 11.3 Å². The second-order valence-electron chi connectivity index (χ2n) is 5.74. The lowest BCUT2D eigenvalue weighted by Gasteiger charge is -2.38. The predicted octanol–water partition coefficient (Wildman–Crippen LogP) is 3.33. The van der Waals surface area contributed by atoms with Crippen molar-refractivity contribution in [1.82, 2.24) is 10.2 Å². The van der Waals surface area contributed by atoms with Gasteiger partial charge in [-0.05, 0) is 28.3 Å².